The maximum absolute atomic E-state index is 11.7. The van der Waals surface area contributed by atoms with Crippen LogP contribution >= 0.6 is 0 Å². The topological polar surface area (TPSA) is 46.5 Å². The number of hydrogen-bond donors (Lipinski definition) is 1. The van der Waals surface area contributed by atoms with Crippen molar-refractivity contribution in [3.05, 3.63) is 12.2 Å². The molecule has 1 aliphatic heterocycles. The van der Waals surface area contributed by atoms with E-state index in [9.17, 15) is 9.90 Å². The van der Waals surface area contributed by atoms with Crippen molar-refractivity contribution in [1.29, 1.82) is 0 Å². The number of carbonyl (C=O) groups excluding carboxylic acids is 1. The Labute approximate surface area is 108 Å². The Morgan fingerprint density at radius 2 is 2.22 bits per heavy atom. The highest BCUT2D eigenvalue weighted by Gasteiger charge is 2.59. The molecule has 100 valence electrons. The highest BCUT2D eigenvalue weighted by atomic mass is 16.6. The number of hydrogen-bond acceptors (Lipinski definition) is 3. The van der Waals surface area contributed by atoms with Gasteiger partial charge in [-0.2, -0.15) is 0 Å². The molecule has 18 heavy (non-hydrogen) atoms. The quantitative estimate of drug-likeness (QED) is 0.530. The highest BCUT2D eigenvalue weighted by molar-refractivity contribution is 5.91. The van der Waals surface area contributed by atoms with Gasteiger partial charge in [0.1, 0.15) is 6.10 Å². The molecule has 0 aromatic carbocycles. The number of ether oxygens (including phenoxy) is 1. The van der Waals surface area contributed by atoms with E-state index in [1.165, 1.54) is 12.8 Å². The number of rotatable bonds is 0. The van der Waals surface area contributed by atoms with Gasteiger partial charge in [-0.3, -0.25) is 0 Å². The monoisotopic (exact) mass is 250 g/mol. The van der Waals surface area contributed by atoms with Gasteiger partial charge in [-0.15, -0.1) is 0 Å². The standard InChI is InChI=1S/C15H22O3/c1-8-5-4-6-15(3)7-10(16)11-9(2)14(17)18-13(11)12(8)15/h8,10-13,16H,2,4-7H2,1,3H3/t8?,10-,11+,12?,13-,15?/m0/s1. The Hall–Kier alpha value is -0.830. The summed E-state index contributed by atoms with van der Waals surface area (Å²) in [5, 5.41) is 10.4. The molecule has 0 aromatic rings. The minimum absolute atomic E-state index is 0.114. The number of esters is 1. The van der Waals surface area contributed by atoms with E-state index in [0.29, 0.717) is 17.4 Å². The van der Waals surface area contributed by atoms with Crippen LogP contribution in [0.4, 0.5) is 0 Å². The van der Waals surface area contributed by atoms with Crippen molar-refractivity contribution >= 4 is 5.97 Å². The summed E-state index contributed by atoms with van der Waals surface area (Å²) in [5.41, 5.74) is 0.593. The lowest BCUT2D eigenvalue weighted by atomic mass is 9.53. The molecule has 0 aromatic heterocycles. The summed E-state index contributed by atoms with van der Waals surface area (Å²) in [6.45, 7) is 8.33. The van der Waals surface area contributed by atoms with Crippen LogP contribution in [0.2, 0.25) is 0 Å². The first-order chi connectivity index (χ1) is 8.44. The maximum atomic E-state index is 11.7. The van der Waals surface area contributed by atoms with Gasteiger partial charge in [-0.05, 0) is 24.2 Å². The maximum Gasteiger partial charge on any atom is 0.334 e. The van der Waals surface area contributed by atoms with E-state index in [1.807, 2.05) is 0 Å². The van der Waals surface area contributed by atoms with E-state index in [4.69, 9.17) is 4.74 Å². The highest BCUT2D eigenvalue weighted by Crippen LogP contribution is 2.57. The van der Waals surface area contributed by atoms with E-state index < -0.39 is 6.10 Å². The molecule has 0 bridgehead atoms. The molecule has 1 N–H and O–H groups in total. The molecule has 2 saturated carbocycles. The second-order valence-electron chi connectivity index (χ2n) is 6.74. The molecular formula is C15H22O3. The molecule has 1 heterocycles. The van der Waals surface area contributed by atoms with Crippen molar-refractivity contribution in [1.82, 2.24) is 0 Å². The molecule has 3 unspecified atom stereocenters. The van der Waals surface area contributed by atoms with Gasteiger partial charge in [-0.1, -0.05) is 33.3 Å². The number of aliphatic hydroxyl groups is 1. The molecule has 3 rings (SSSR count). The van der Waals surface area contributed by atoms with E-state index >= 15 is 0 Å². The van der Waals surface area contributed by atoms with Gasteiger partial charge >= 0.3 is 5.97 Å². The fraction of sp³-hybridized carbons (Fsp3) is 0.800. The molecule has 3 aliphatic rings. The van der Waals surface area contributed by atoms with Crippen LogP contribution in [0.25, 0.3) is 0 Å². The lowest BCUT2D eigenvalue weighted by molar-refractivity contribution is -0.160. The minimum atomic E-state index is -0.472. The fourth-order valence-corrected chi connectivity index (χ4v) is 4.78. The summed E-state index contributed by atoms with van der Waals surface area (Å²) in [4.78, 5) is 11.7. The average molecular weight is 250 g/mol. The molecule has 0 amide bonds. The smallest absolute Gasteiger partial charge is 0.334 e. The van der Waals surface area contributed by atoms with Crippen LogP contribution < -0.4 is 0 Å². The van der Waals surface area contributed by atoms with Gasteiger partial charge in [0.15, 0.2) is 0 Å². The third-order valence-corrected chi connectivity index (χ3v) is 5.53. The Kier molecular flexibility index (Phi) is 2.60. The van der Waals surface area contributed by atoms with Crippen molar-refractivity contribution in [2.45, 2.75) is 51.7 Å². The van der Waals surface area contributed by atoms with Gasteiger partial charge in [-0.25, -0.2) is 4.79 Å². The lowest BCUT2D eigenvalue weighted by Crippen LogP contribution is -2.54. The summed E-state index contributed by atoms with van der Waals surface area (Å²) in [7, 11) is 0. The Morgan fingerprint density at radius 3 is 2.94 bits per heavy atom. The zero-order chi connectivity index (χ0) is 13.1. The Bertz CT molecular complexity index is 403. The van der Waals surface area contributed by atoms with Crippen LogP contribution in [0.15, 0.2) is 12.2 Å². The summed E-state index contributed by atoms with van der Waals surface area (Å²) in [6.07, 6.45) is 3.71. The van der Waals surface area contributed by atoms with Crippen molar-refractivity contribution in [3.8, 4) is 0 Å². The van der Waals surface area contributed by atoms with Gasteiger partial charge in [0, 0.05) is 11.5 Å². The molecule has 6 atom stereocenters. The molecule has 3 fully saturated rings. The lowest BCUT2D eigenvalue weighted by Gasteiger charge is -2.53. The number of fused-ring (bicyclic) bond motifs is 3. The second kappa shape index (κ2) is 3.83. The second-order valence-corrected chi connectivity index (χ2v) is 6.74. The van der Waals surface area contributed by atoms with Crippen LogP contribution in [-0.2, 0) is 9.53 Å². The fourth-order valence-electron chi connectivity index (χ4n) is 4.78. The van der Waals surface area contributed by atoms with Crippen LogP contribution in [0.5, 0.6) is 0 Å². The minimum Gasteiger partial charge on any atom is -0.458 e. The molecular weight excluding hydrogens is 228 g/mol. The summed E-state index contributed by atoms with van der Waals surface area (Å²) in [6, 6.07) is 0. The van der Waals surface area contributed by atoms with Crippen LogP contribution in [-0.4, -0.2) is 23.3 Å². The first-order valence-corrected chi connectivity index (χ1v) is 7.02. The van der Waals surface area contributed by atoms with Gasteiger partial charge < -0.3 is 9.84 Å². The third-order valence-electron chi connectivity index (χ3n) is 5.53. The van der Waals surface area contributed by atoms with E-state index in [0.717, 1.165) is 12.8 Å². The predicted octanol–water partition coefficient (Wildman–Crippen LogP) is 2.29. The van der Waals surface area contributed by atoms with Gasteiger partial charge in [0.2, 0.25) is 0 Å². The zero-order valence-corrected chi connectivity index (χ0v) is 11.2. The predicted molar refractivity (Wildman–Crippen MR) is 67.7 cm³/mol. The number of carbonyl (C=O) groups is 1. The van der Waals surface area contributed by atoms with E-state index in [1.54, 1.807) is 0 Å². The average Bonchev–Trinajstić information content (AvgIpc) is 2.54. The van der Waals surface area contributed by atoms with Crippen LogP contribution in [0.3, 0.4) is 0 Å². The zero-order valence-electron chi connectivity index (χ0n) is 11.2. The molecule has 1 saturated heterocycles. The number of aliphatic hydroxyl groups excluding tert-OH is 1. The largest absolute Gasteiger partial charge is 0.458 e. The molecule has 0 spiro atoms. The van der Waals surface area contributed by atoms with Gasteiger partial charge in [0.25, 0.3) is 0 Å². The summed E-state index contributed by atoms with van der Waals surface area (Å²) < 4.78 is 5.55. The first kappa shape index (κ1) is 12.2. The van der Waals surface area contributed by atoms with Crippen LogP contribution in [0, 0.1) is 23.2 Å². The van der Waals surface area contributed by atoms with E-state index in [2.05, 4.69) is 20.4 Å². The summed E-state index contributed by atoms with van der Waals surface area (Å²) >= 11 is 0. The van der Waals surface area contributed by atoms with Crippen molar-refractivity contribution in [3.63, 3.8) is 0 Å². The van der Waals surface area contributed by atoms with Crippen molar-refractivity contribution in [2.75, 3.05) is 0 Å². The summed E-state index contributed by atoms with van der Waals surface area (Å²) in [5.74, 6) is 0.465. The Balaban J connectivity index is 2.00. The van der Waals surface area contributed by atoms with Crippen molar-refractivity contribution < 1.29 is 14.6 Å². The molecule has 0 radical (unpaired) electrons. The normalized spacial score (nSPS) is 51.6. The molecule has 2 aliphatic carbocycles. The van der Waals surface area contributed by atoms with Crippen LogP contribution in [0.1, 0.15) is 39.5 Å². The van der Waals surface area contributed by atoms with Gasteiger partial charge in [0.05, 0.1) is 12.0 Å². The SMILES string of the molecule is C=C1C(=O)O[C@@H]2C3C(C)CCCC3(C)C[C@H](O)[C@@H]12. The first-order valence-electron chi connectivity index (χ1n) is 7.02. The third kappa shape index (κ3) is 1.49. The van der Waals surface area contributed by atoms with Crippen molar-refractivity contribution in [2.24, 2.45) is 23.2 Å². The molecule has 3 nitrogen and oxygen atoms in total. The molecule has 3 heteroatoms. The Morgan fingerprint density at radius 1 is 1.50 bits per heavy atom. The van der Waals surface area contributed by atoms with E-state index in [-0.39, 0.29) is 23.4 Å².